The number of phenols is 2. The summed E-state index contributed by atoms with van der Waals surface area (Å²) in [6.07, 6.45) is 10.8. The number of nitrogens with one attached hydrogen (secondary N) is 2. The number of benzene rings is 2. The summed E-state index contributed by atoms with van der Waals surface area (Å²) < 4.78 is 0. The first kappa shape index (κ1) is 45.9. The monoisotopic (exact) mass is 815 g/mol. The number of aromatic hydroxyl groups is 2. The van der Waals surface area contributed by atoms with E-state index in [4.69, 9.17) is 20.0 Å². The number of hydrogen-bond donors (Lipinski definition) is 4. The Bertz CT molecular complexity index is 1810. The maximum absolute atomic E-state index is 11.4. The van der Waals surface area contributed by atoms with Crippen molar-refractivity contribution in [1.29, 1.82) is 0 Å². The Morgan fingerprint density at radius 3 is 1.13 bits per heavy atom. The third kappa shape index (κ3) is 15.2. The van der Waals surface area contributed by atoms with Gasteiger partial charge < -0.3 is 20.8 Å². The summed E-state index contributed by atoms with van der Waals surface area (Å²) in [7, 11) is 0. The average molecular weight is 815 g/mol. The van der Waals surface area contributed by atoms with Crippen molar-refractivity contribution in [1.82, 2.24) is 30.4 Å². The van der Waals surface area contributed by atoms with E-state index in [1.165, 1.54) is 0 Å². The Balaban J connectivity index is 1.38. The molecule has 4 bridgehead atoms. The molecule has 0 saturated carbocycles. The van der Waals surface area contributed by atoms with Crippen LogP contribution in [-0.2, 0) is 23.9 Å². The number of aliphatic imine (C=N–C) groups is 4. The predicted octanol–water partition coefficient (Wildman–Crippen LogP) is 6.06. The lowest BCUT2D eigenvalue weighted by Crippen LogP contribution is -2.35. The average Bonchev–Trinajstić information content (AvgIpc) is 3.22. The summed E-state index contributed by atoms with van der Waals surface area (Å²) in [4.78, 5) is 32.8. The number of fused-ring (bicyclic) bond motifs is 4. The first-order valence-corrected chi connectivity index (χ1v) is 21.3. The second kappa shape index (κ2) is 23.0. The molecule has 60 heavy (non-hydrogen) atoms. The highest BCUT2D eigenvalue weighted by atomic mass is 16.3. The molecule has 5 rings (SSSR count). The molecule has 3 heterocycles. The van der Waals surface area contributed by atoms with Gasteiger partial charge in [-0.05, 0) is 70.5 Å². The summed E-state index contributed by atoms with van der Waals surface area (Å²) >= 11 is 0. The Morgan fingerprint density at radius 1 is 0.517 bits per heavy atom. The van der Waals surface area contributed by atoms with Crippen molar-refractivity contribution in [3.8, 4) is 11.5 Å². The molecular formula is C48H66N10O2. The normalized spacial score (nSPS) is 15.6. The highest BCUT2D eigenvalue weighted by Gasteiger charge is 2.19. The van der Waals surface area contributed by atoms with E-state index in [0.717, 1.165) is 48.7 Å². The molecule has 0 radical (unpaired) electrons. The van der Waals surface area contributed by atoms with Gasteiger partial charge in [0.1, 0.15) is 11.5 Å². The molecule has 0 saturated heterocycles. The Hall–Kier alpha value is -5.14. The van der Waals surface area contributed by atoms with Crippen LogP contribution < -0.4 is 10.6 Å². The van der Waals surface area contributed by atoms with Crippen molar-refractivity contribution < 1.29 is 10.2 Å². The molecule has 320 valence electrons. The molecule has 12 nitrogen and oxygen atoms in total. The standard InChI is InChI=1S/C48H66N10O2/c1-47(2,3)41-27-37-31-49-15-21-57(25-19-53-35-43-11-7-9-13-55-43)23-17-51-33-39-29-42(48(4,5)6)30-40(46(39)60)34-52-18-24-58(22-16-50-32-38(28-41)45(37)59)26-20-54-36-44-12-8-10-14-56-44/h7-14,27-34,53-54,59-60H,15-26,35-36H2,1-6H3. The Morgan fingerprint density at radius 2 is 0.850 bits per heavy atom. The topological polar surface area (TPSA) is 146 Å². The molecule has 2 aromatic carbocycles. The number of phenolic OH excluding ortho intramolecular Hbond substituents is 2. The van der Waals surface area contributed by atoms with Crippen molar-refractivity contribution in [2.75, 3.05) is 78.5 Å². The second-order valence-corrected chi connectivity index (χ2v) is 17.3. The van der Waals surface area contributed by atoms with E-state index in [2.05, 4.69) is 71.9 Å². The van der Waals surface area contributed by atoms with Crippen molar-refractivity contribution in [3.05, 3.63) is 118 Å². The Labute approximate surface area is 357 Å². The van der Waals surface area contributed by atoms with Gasteiger partial charge in [0.25, 0.3) is 0 Å². The maximum atomic E-state index is 11.4. The lowest BCUT2D eigenvalue weighted by Gasteiger charge is -2.22. The highest BCUT2D eigenvalue weighted by molar-refractivity contribution is 5.93. The second-order valence-electron chi connectivity index (χ2n) is 17.3. The van der Waals surface area contributed by atoms with Gasteiger partial charge in [0.05, 0.1) is 37.6 Å². The van der Waals surface area contributed by atoms with Gasteiger partial charge >= 0.3 is 0 Å². The molecule has 2 aromatic heterocycles. The predicted molar refractivity (Wildman–Crippen MR) is 248 cm³/mol. The first-order chi connectivity index (χ1) is 28.9. The van der Waals surface area contributed by atoms with Crippen LogP contribution in [0.2, 0.25) is 0 Å². The van der Waals surface area contributed by atoms with Crippen LogP contribution in [0.3, 0.4) is 0 Å². The van der Waals surface area contributed by atoms with Gasteiger partial charge in [0.2, 0.25) is 0 Å². The van der Waals surface area contributed by atoms with Crippen molar-refractivity contribution in [2.45, 2.75) is 65.5 Å². The van der Waals surface area contributed by atoms with E-state index in [-0.39, 0.29) is 22.3 Å². The van der Waals surface area contributed by atoms with Gasteiger partial charge in [-0.1, -0.05) is 53.7 Å². The van der Waals surface area contributed by atoms with Gasteiger partial charge in [0, 0.05) is 125 Å². The zero-order chi connectivity index (χ0) is 42.8. The molecule has 0 atom stereocenters. The van der Waals surface area contributed by atoms with Crippen LogP contribution in [-0.4, -0.2) is 133 Å². The van der Waals surface area contributed by atoms with E-state index >= 15 is 0 Å². The molecule has 4 N–H and O–H groups in total. The molecule has 0 fully saturated rings. The van der Waals surface area contributed by atoms with Crippen LogP contribution in [0.4, 0.5) is 0 Å². The van der Waals surface area contributed by atoms with Gasteiger partial charge in [-0.2, -0.15) is 0 Å². The lowest BCUT2D eigenvalue weighted by atomic mass is 9.85. The fourth-order valence-electron chi connectivity index (χ4n) is 6.65. The van der Waals surface area contributed by atoms with Crippen LogP contribution in [0.15, 0.2) is 93.0 Å². The van der Waals surface area contributed by atoms with Crippen LogP contribution in [0.25, 0.3) is 0 Å². The van der Waals surface area contributed by atoms with E-state index in [1.54, 1.807) is 24.9 Å². The molecule has 12 heteroatoms. The molecule has 0 spiro atoms. The largest absolute Gasteiger partial charge is 0.507 e. The van der Waals surface area contributed by atoms with Gasteiger partial charge in [-0.3, -0.25) is 39.7 Å². The van der Waals surface area contributed by atoms with E-state index < -0.39 is 0 Å². The summed E-state index contributed by atoms with van der Waals surface area (Å²) in [5.41, 5.74) is 6.67. The van der Waals surface area contributed by atoms with Crippen LogP contribution >= 0.6 is 0 Å². The van der Waals surface area contributed by atoms with Gasteiger partial charge in [-0.15, -0.1) is 0 Å². The smallest absolute Gasteiger partial charge is 0.133 e. The summed E-state index contributed by atoms with van der Waals surface area (Å²) in [6.45, 7) is 22.6. The van der Waals surface area contributed by atoms with Crippen molar-refractivity contribution in [2.24, 2.45) is 20.0 Å². The fourth-order valence-corrected chi connectivity index (χ4v) is 6.65. The minimum absolute atomic E-state index is 0.133. The minimum atomic E-state index is -0.133. The number of aromatic nitrogens is 2. The molecular weight excluding hydrogens is 749 g/mol. The molecule has 4 aromatic rings. The van der Waals surface area contributed by atoms with Gasteiger partial charge in [-0.25, -0.2) is 0 Å². The third-order valence-electron chi connectivity index (χ3n) is 10.4. The van der Waals surface area contributed by atoms with Crippen molar-refractivity contribution >= 4 is 24.9 Å². The van der Waals surface area contributed by atoms with E-state index in [0.29, 0.717) is 87.7 Å². The number of hydrogen-bond acceptors (Lipinski definition) is 12. The molecule has 1 aliphatic rings. The van der Waals surface area contributed by atoms with Crippen LogP contribution in [0.5, 0.6) is 11.5 Å². The molecule has 0 amide bonds. The zero-order valence-electron chi connectivity index (χ0n) is 36.6. The van der Waals surface area contributed by atoms with Crippen molar-refractivity contribution in [3.63, 3.8) is 0 Å². The maximum Gasteiger partial charge on any atom is 0.133 e. The summed E-state index contributed by atoms with van der Waals surface area (Å²) in [5.74, 6) is 0.363. The molecule has 1 aliphatic heterocycles. The van der Waals surface area contributed by atoms with Gasteiger partial charge in [0.15, 0.2) is 0 Å². The quantitative estimate of drug-likeness (QED) is 0.142. The van der Waals surface area contributed by atoms with E-state index in [9.17, 15) is 10.2 Å². The first-order valence-electron chi connectivity index (χ1n) is 21.3. The summed E-state index contributed by atoms with van der Waals surface area (Å²) in [5, 5.41) is 29.9. The van der Waals surface area contributed by atoms with Crippen LogP contribution in [0, 0.1) is 0 Å². The zero-order valence-corrected chi connectivity index (χ0v) is 36.6. The third-order valence-corrected chi connectivity index (χ3v) is 10.4. The highest BCUT2D eigenvalue weighted by Crippen LogP contribution is 2.31. The number of pyridine rings is 2. The summed E-state index contributed by atoms with van der Waals surface area (Å²) in [6, 6.07) is 20.0. The number of rotatable bonds is 10. The number of nitrogens with zero attached hydrogens (tertiary/aromatic N) is 8. The van der Waals surface area contributed by atoms with Crippen LogP contribution in [0.1, 0.15) is 86.3 Å². The minimum Gasteiger partial charge on any atom is -0.507 e. The van der Waals surface area contributed by atoms with E-state index in [1.807, 2.05) is 73.1 Å². The SMILES string of the molecule is CC(C)(C)c1cc2c(O)c(c1)C=NCCN(CCNCc1ccccn1)CCN=Cc1cc(C(C)(C)C)cc(c1O)C=NCCN(CCNCc1ccccn1)CCN=C2. The molecule has 0 unspecified atom stereocenters. The fraction of sp³-hybridized carbons (Fsp3) is 0.458. The molecule has 0 aliphatic carbocycles. The Kier molecular flexibility index (Phi) is 17.6. The lowest BCUT2D eigenvalue weighted by molar-refractivity contribution is 0.288.